The second-order valence-corrected chi connectivity index (χ2v) is 7.76. The molecule has 0 heterocycles. The van der Waals surface area contributed by atoms with Crippen molar-refractivity contribution in [2.24, 2.45) is 0 Å². The van der Waals surface area contributed by atoms with Crippen LogP contribution in [0.4, 0.5) is 5.69 Å². The fourth-order valence-electron chi connectivity index (χ4n) is 3.36. The van der Waals surface area contributed by atoms with Crippen molar-refractivity contribution in [3.63, 3.8) is 0 Å². The van der Waals surface area contributed by atoms with Gasteiger partial charge in [0.2, 0.25) is 0 Å². The highest BCUT2D eigenvalue weighted by Crippen LogP contribution is 2.35. The van der Waals surface area contributed by atoms with E-state index in [1.807, 2.05) is 37.3 Å². The Hall–Kier alpha value is -2.91. The first kappa shape index (κ1) is 22.8. The molecule has 0 aromatic heterocycles. The van der Waals surface area contributed by atoms with Crippen LogP contribution in [0.25, 0.3) is 0 Å². The molecule has 4 heteroatoms. The number of hydrogen-bond acceptors (Lipinski definition) is 3. The fourth-order valence-corrected chi connectivity index (χ4v) is 3.48. The summed E-state index contributed by atoms with van der Waals surface area (Å²) in [4.78, 5) is 0. The minimum absolute atomic E-state index is 0.447. The highest BCUT2D eigenvalue weighted by atomic mass is 35.5. The first-order chi connectivity index (χ1) is 15.1. The van der Waals surface area contributed by atoms with Crippen molar-refractivity contribution >= 4 is 17.3 Å². The number of hydrogen-bond donors (Lipinski definition) is 1. The SMILES string of the molecule is C=CCc1cc(CNc2ccc(CC)cc2)cc(OCC)c1OCc1ccc(Cl)cc1. The molecule has 0 unspecified atom stereocenters. The summed E-state index contributed by atoms with van der Waals surface area (Å²) in [5, 5.41) is 4.21. The molecule has 31 heavy (non-hydrogen) atoms. The topological polar surface area (TPSA) is 30.5 Å². The molecule has 0 spiro atoms. The maximum Gasteiger partial charge on any atom is 0.165 e. The molecule has 1 N–H and O–H groups in total. The van der Waals surface area contributed by atoms with Crippen LogP contribution in [-0.4, -0.2) is 6.61 Å². The van der Waals surface area contributed by atoms with Crippen LogP contribution in [0.1, 0.15) is 36.1 Å². The van der Waals surface area contributed by atoms with E-state index in [2.05, 4.69) is 55.2 Å². The van der Waals surface area contributed by atoms with Crippen LogP contribution in [0.3, 0.4) is 0 Å². The van der Waals surface area contributed by atoms with Crippen molar-refractivity contribution in [2.75, 3.05) is 11.9 Å². The second-order valence-electron chi connectivity index (χ2n) is 7.33. The lowest BCUT2D eigenvalue weighted by Gasteiger charge is -2.18. The van der Waals surface area contributed by atoms with Gasteiger partial charge >= 0.3 is 0 Å². The van der Waals surface area contributed by atoms with Crippen LogP contribution in [0.5, 0.6) is 11.5 Å². The van der Waals surface area contributed by atoms with Crippen LogP contribution in [0, 0.1) is 0 Å². The number of ether oxygens (including phenoxy) is 2. The number of benzene rings is 3. The van der Waals surface area contributed by atoms with E-state index in [-0.39, 0.29) is 0 Å². The van der Waals surface area contributed by atoms with Gasteiger partial charge < -0.3 is 14.8 Å². The maximum absolute atomic E-state index is 6.21. The monoisotopic (exact) mass is 435 g/mol. The zero-order valence-corrected chi connectivity index (χ0v) is 19.0. The molecule has 0 atom stereocenters. The molecule has 0 amide bonds. The Balaban J connectivity index is 1.80. The quantitative estimate of drug-likeness (QED) is 0.322. The van der Waals surface area contributed by atoms with Crippen molar-refractivity contribution in [3.8, 4) is 11.5 Å². The van der Waals surface area contributed by atoms with E-state index in [4.69, 9.17) is 21.1 Å². The molecule has 3 rings (SSSR count). The fraction of sp³-hybridized carbons (Fsp3) is 0.259. The van der Waals surface area contributed by atoms with Crippen molar-refractivity contribution < 1.29 is 9.47 Å². The summed E-state index contributed by atoms with van der Waals surface area (Å²) in [7, 11) is 0. The van der Waals surface area contributed by atoms with Gasteiger partial charge in [-0.2, -0.15) is 0 Å². The van der Waals surface area contributed by atoms with Crippen molar-refractivity contribution in [3.05, 3.63) is 101 Å². The van der Waals surface area contributed by atoms with Gasteiger partial charge in [-0.25, -0.2) is 0 Å². The Labute approximate surface area is 190 Å². The highest BCUT2D eigenvalue weighted by molar-refractivity contribution is 6.30. The Morgan fingerprint density at radius 2 is 1.61 bits per heavy atom. The summed E-state index contributed by atoms with van der Waals surface area (Å²) in [6.45, 7) is 9.78. The summed E-state index contributed by atoms with van der Waals surface area (Å²) in [6, 6.07) is 20.5. The van der Waals surface area contributed by atoms with E-state index in [1.165, 1.54) is 5.56 Å². The van der Waals surface area contributed by atoms with Gasteiger partial charge in [-0.1, -0.05) is 48.9 Å². The summed E-state index contributed by atoms with van der Waals surface area (Å²) in [6.07, 6.45) is 3.64. The molecule has 0 bridgehead atoms. The standard InChI is InChI=1S/C27H30ClNO2/c1-4-7-23-16-22(18-29-25-14-10-20(5-2)11-15-25)17-26(30-6-3)27(23)31-19-21-8-12-24(28)13-9-21/h4,8-17,29H,1,5-7,18-19H2,2-3H3. The van der Waals surface area contributed by atoms with Crippen molar-refractivity contribution in [1.29, 1.82) is 0 Å². The summed E-state index contributed by atoms with van der Waals surface area (Å²) in [5.74, 6) is 1.53. The Kier molecular flexibility index (Phi) is 8.43. The normalized spacial score (nSPS) is 10.5. The molecule has 0 fully saturated rings. The van der Waals surface area contributed by atoms with E-state index < -0.39 is 0 Å². The van der Waals surface area contributed by atoms with Crippen molar-refractivity contribution in [2.45, 2.75) is 39.8 Å². The molecule has 0 saturated carbocycles. The zero-order chi connectivity index (χ0) is 22.1. The lowest BCUT2D eigenvalue weighted by atomic mass is 10.0. The molecule has 0 aliphatic heterocycles. The smallest absolute Gasteiger partial charge is 0.165 e. The van der Waals surface area contributed by atoms with Gasteiger partial charge in [0.15, 0.2) is 11.5 Å². The number of nitrogens with one attached hydrogen (secondary N) is 1. The molecule has 0 aliphatic carbocycles. The first-order valence-corrected chi connectivity index (χ1v) is 11.1. The Morgan fingerprint density at radius 1 is 0.903 bits per heavy atom. The van der Waals surface area contributed by atoms with Gasteiger partial charge in [0.25, 0.3) is 0 Å². The van der Waals surface area contributed by atoms with Gasteiger partial charge in [-0.15, -0.1) is 6.58 Å². The molecule has 3 aromatic carbocycles. The number of rotatable bonds is 11. The number of aryl methyl sites for hydroxylation is 1. The minimum atomic E-state index is 0.447. The van der Waals surface area contributed by atoms with Gasteiger partial charge in [-0.3, -0.25) is 0 Å². The molecule has 162 valence electrons. The van der Waals surface area contributed by atoms with E-state index >= 15 is 0 Å². The van der Waals surface area contributed by atoms with Crippen LogP contribution in [0.15, 0.2) is 73.3 Å². The van der Waals surface area contributed by atoms with Gasteiger partial charge in [-0.05, 0) is 72.9 Å². The summed E-state index contributed by atoms with van der Waals surface area (Å²) < 4.78 is 12.2. The van der Waals surface area contributed by atoms with E-state index in [1.54, 1.807) is 0 Å². The zero-order valence-electron chi connectivity index (χ0n) is 18.3. The van der Waals surface area contributed by atoms with Gasteiger partial charge in [0.05, 0.1) is 6.61 Å². The van der Waals surface area contributed by atoms with E-state index in [0.29, 0.717) is 31.2 Å². The van der Waals surface area contributed by atoms with Gasteiger partial charge in [0, 0.05) is 22.8 Å². The minimum Gasteiger partial charge on any atom is -0.490 e. The Bertz CT molecular complexity index is 981. The predicted molar refractivity (Wildman–Crippen MR) is 130 cm³/mol. The van der Waals surface area contributed by atoms with Crippen LogP contribution in [0.2, 0.25) is 5.02 Å². The molecular formula is C27H30ClNO2. The molecule has 0 aliphatic rings. The lowest BCUT2D eigenvalue weighted by molar-refractivity contribution is 0.267. The third-order valence-electron chi connectivity index (χ3n) is 5.01. The molecule has 0 radical (unpaired) electrons. The summed E-state index contributed by atoms with van der Waals surface area (Å²) in [5.41, 5.74) is 5.69. The van der Waals surface area contributed by atoms with E-state index in [9.17, 15) is 0 Å². The number of halogens is 1. The summed E-state index contributed by atoms with van der Waals surface area (Å²) >= 11 is 5.99. The number of allylic oxidation sites excluding steroid dienone is 1. The Morgan fingerprint density at radius 3 is 2.26 bits per heavy atom. The van der Waals surface area contributed by atoms with Gasteiger partial charge in [0.1, 0.15) is 6.61 Å². The van der Waals surface area contributed by atoms with Crippen molar-refractivity contribution in [1.82, 2.24) is 0 Å². The molecule has 3 nitrogen and oxygen atoms in total. The van der Waals surface area contributed by atoms with Crippen LogP contribution in [-0.2, 0) is 26.0 Å². The molecule has 3 aromatic rings. The molecular weight excluding hydrogens is 406 g/mol. The first-order valence-electron chi connectivity index (χ1n) is 10.7. The van der Waals surface area contributed by atoms with Crippen LogP contribution < -0.4 is 14.8 Å². The van der Waals surface area contributed by atoms with E-state index in [0.717, 1.165) is 40.3 Å². The number of anilines is 1. The predicted octanol–water partition coefficient (Wildman–Crippen LogP) is 7.22. The highest BCUT2D eigenvalue weighted by Gasteiger charge is 2.14. The molecule has 0 saturated heterocycles. The average Bonchev–Trinajstić information content (AvgIpc) is 2.79. The van der Waals surface area contributed by atoms with Crippen LogP contribution >= 0.6 is 11.6 Å². The lowest BCUT2D eigenvalue weighted by Crippen LogP contribution is -2.06. The third kappa shape index (κ3) is 6.53. The maximum atomic E-state index is 6.21. The average molecular weight is 436 g/mol. The second kappa shape index (κ2) is 11.5. The third-order valence-corrected chi connectivity index (χ3v) is 5.26. The largest absolute Gasteiger partial charge is 0.490 e.